The van der Waals surface area contributed by atoms with E-state index in [-0.39, 0.29) is 207 Å². The minimum absolute atomic E-state index is 0. The molecule has 0 aliphatic carbocycles. The molecular formula is C26H27Cl3Na6O16S4. The SMILES string of the molecule is Cc1ccc(S(=O)(=O)Cl)cc1.Cc1ccc(S(=O)[O-])cc1.Cc1ccc(S(C)(=O)=O)cc1.O=C([O-])CCl.O=C=O.O=CO[O-].O=[S-](=O)[O-].[Cl-].[Na+].[Na+].[Na+].[Na+].[Na+].[Na+]. The van der Waals surface area contributed by atoms with Crippen LogP contribution in [0.15, 0.2) is 87.5 Å². The molecule has 0 N–H and O–H groups in total. The first kappa shape index (κ1) is 85.1. The molecule has 0 amide bonds. The fraction of sp³-hybridized carbons (Fsp3) is 0.192. The van der Waals surface area contributed by atoms with Crippen LogP contribution < -0.4 is 200 Å². The van der Waals surface area contributed by atoms with Crippen molar-refractivity contribution in [3.05, 3.63) is 89.5 Å². The van der Waals surface area contributed by atoms with Crippen molar-refractivity contribution in [3.63, 3.8) is 0 Å². The van der Waals surface area contributed by atoms with Crippen molar-refractivity contribution in [2.24, 2.45) is 0 Å². The van der Waals surface area contributed by atoms with Gasteiger partial charge in [0.2, 0.25) is 0 Å². The second-order valence-corrected chi connectivity index (χ2v) is 14.1. The van der Waals surface area contributed by atoms with Gasteiger partial charge in [-0.05, 0) is 68.2 Å². The Hall–Kier alpha value is 2.73. The Balaban J connectivity index is -0.0000000469. The third kappa shape index (κ3) is 63.5. The number of carboxylic acids is 1. The van der Waals surface area contributed by atoms with Crippen LogP contribution in [-0.4, -0.2) is 60.9 Å². The van der Waals surface area contributed by atoms with Gasteiger partial charge in [-0.2, -0.15) is 20.6 Å². The normalized spacial score (nSPS) is 8.76. The molecule has 1 unspecified atom stereocenters. The number of carboxylic acid groups (broad SMARTS) is 1. The molecule has 16 nitrogen and oxygen atoms in total. The Morgan fingerprint density at radius 3 is 1.16 bits per heavy atom. The van der Waals surface area contributed by atoms with E-state index in [1.807, 2.05) is 20.8 Å². The number of alkyl halides is 1. The van der Waals surface area contributed by atoms with Crippen LogP contribution >= 0.6 is 22.3 Å². The first-order valence-corrected chi connectivity index (χ1v) is 18.5. The molecule has 3 aromatic carbocycles. The van der Waals surface area contributed by atoms with Crippen LogP contribution in [0.25, 0.3) is 0 Å². The Kier molecular flexibility index (Phi) is 81.8. The van der Waals surface area contributed by atoms with E-state index in [9.17, 15) is 25.6 Å². The standard InChI is InChI=1S/C8H10O2S.C7H7ClO2S.C7H8O2S.C2H3ClO2.CH2O3.CO2.ClH.6Na.O3S/c1-7-3-5-8(6-4-7)11(2,9)10;1-6-2-4-7(5-3-6)11(8,9)10;1-6-2-4-7(5-3-6)10(8)9;3-1-2(4)5;2-1-4-3;2-1-3;;;;;;;;1-4(2)3/h3-6H,1-2H3;2-5H,1H3;2-5H,1H3,(H,8,9);1H2,(H,4,5);1,3H;;1H;;;;;;;/q;;;;;;;6*+1;-2/p-4. The van der Waals surface area contributed by atoms with Crippen LogP contribution in [0.2, 0.25) is 0 Å². The molecule has 0 radical (unpaired) electrons. The van der Waals surface area contributed by atoms with Crippen molar-refractivity contribution in [1.82, 2.24) is 0 Å². The maximum absolute atomic E-state index is 10.9. The van der Waals surface area contributed by atoms with Crippen LogP contribution in [0, 0.1) is 20.8 Å². The summed E-state index contributed by atoms with van der Waals surface area (Å²) in [6.45, 7) is 5.54. The van der Waals surface area contributed by atoms with Gasteiger partial charge in [0, 0.05) is 21.8 Å². The van der Waals surface area contributed by atoms with Crippen LogP contribution in [0.4, 0.5) is 0 Å². The molecule has 3 rings (SSSR count). The first-order valence-electron chi connectivity index (χ1n) is 11.7. The zero-order valence-electron chi connectivity index (χ0n) is 31.5. The van der Waals surface area contributed by atoms with Gasteiger partial charge in [0.15, 0.2) is 9.84 Å². The van der Waals surface area contributed by atoms with Crippen molar-refractivity contribution >= 4 is 81.8 Å². The number of hydrogen-bond acceptors (Lipinski definition) is 17. The summed E-state index contributed by atoms with van der Waals surface area (Å²) < 4.78 is 89.3. The maximum atomic E-state index is 10.9. The zero-order chi connectivity index (χ0) is 38.5. The Labute approximate surface area is 473 Å². The molecule has 55 heavy (non-hydrogen) atoms. The third-order valence-electron chi connectivity index (χ3n) is 4.11. The molecule has 0 spiro atoms. The molecule has 278 valence electrons. The monoisotopic (exact) mass is 966 g/mol. The molecule has 0 heterocycles. The number of carbonyl (C=O) groups is 2. The van der Waals surface area contributed by atoms with Crippen LogP contribution in [0.1, 0.15) is 16.7 Å². The van der Waals surface area contributed by atoms with Gasteiger partial charge in [-0.25, -0.2) is 16.8 Å². The molecule has 29 heteroatoms. The van der Waals surface area contributed by atoms with Gasteiger partial charge in [-0.3, -0.25) is 9.00 Å². The van der Waals surface area contributed by atoms with Crippen molar-refractivity contribution in [2.45, 2.75) is 35.5 Å². The minimum Gasteiger partial charge on any atom is -1.00 e. The summed E-state index contributed by atoms with van der Waals surface area (Å²) in [4.78, 5) is 37.5. The van der Waals surface area contributed by atoms with Gasteiger partial charge in [-0.1, -0.05) is 53.1 Å². The van der Waals surface area contributed by atoms with Gasteiger partial charge in [0.1, 0.15) is 0 Å². The largest absolute Gasteiger partial charge is 1.00 e. The molecule has 0 aromatic heterocycles. The Bertz CT molecular complexity index is 1640. The van der Waals surface area contributed by atoms with Crippen LogP contribution in [-0.2, 0) is 73.4 Å². The quantitative estimate of drug-likeness (QED) is 0.0264. The molecule has 3 aromatic rings. The predicted molar refractivity (Wildman–Crippen MR) is 164 cm³/mol. The Morgan fingerprint density at radius 2 is 1.00 bits per heavy atom. The number of sulfone groups is 1. The number of aryl methyl sites for hydroxylation is 3. The molecular weight excluding hydrogens is 941 g/mol. The number of rotatable bonds is 5. The molecule has 0 saturated carbocycles. The van der Waals surface area contributed by atoms with Gasteiger partial charge < -0.3 is 50.0 Å². The number of halogens is 3. The van der Waals surface area contributed by atoms with E-state index < -0.39 is 52.8 Å². The third-order valence-corrected chi connectivity index (χ3v) is 7.49. The molecule has 0 aliphatic heterocycles. The van der Waals surface area contributed by atoms with Gasteiger partial charge in [-0.15, -0.1) is 11.6 Å². The van der Waals surface area contributed by atoms with Crippen molar-refractivity contribution in [1.29, 1.82) is 0 Å². The topological polar surface area (TPSA) is 289 Å². The van der Waals surface area contributed by atoms with E-state index in [4.69, 9.17) is 53.2 Å². The molecule has 0 bridgehead atoms. The predicted octanol–water partition coefficient (Wildman–Crippen LogP) is -20.2. The second kappa shape index (κ2) is 52.9. The summed E-state index contributed by atoms with van der Waals surface area (Å²) in [5.41, 5.74) is 3.14. The fourth-order valence-corrected chi connectivity index (χ4v) is 3.89. The van der Waals surface area contributed by atoms with Crippen LogP contribution in [0.5, 0.6) is 0 Å². The molecule has 1 atom stereocenters. The van der Waals surface area contributed by atoms with E-state index >= 15 is 0 Å². The van der Waals surface area contributed by atoms with E-state index in [2.05, 4.69) is 16.5 Å². The van der Waals surface area contributed by atoms with E-state index in [0.717, 1.165) is 16.7 Å². The van der Waals surface area contributed by atoms with E-state index in [0.29, 0.717) is 9.79 Å². The van der Waals surface area contributed by atoms with Crippen molar-refractivity contribution in [2.75, 3.05) is 12.1 Å². The number of hydrogen-bond donors (Lipinski definition) is 0. The van der Waals surface area contributed by atoms with Crippen molar-refractivity contribution in [3.8, 4) is 0 Å². The first-order chi connectivity index (χ1) is 22.0. The summed E-state index contributed by atoms with van der Waals surface area (Å²) in [6, 6.07) is 19.9. The second-order valence-electron chi connectivity index (χ2n) is 7.87. The molecule has 0 aliphatic rings. The summed E-state index contributed by atoms with van der Waals surface area (Å²) in [7, 11) is -4.59. The smallest absolute Gasteiger partial charge is 1.00 e. The number of aliphatic carboxylic acids is 1. The summed E-state index contributed by atoms with van der Waals surface area (Å²) >= 11 is 2.59. The van der Waals surface area contributed by atoms with Gasteiger partial charge in [0.05, 0.1) is 21.6 Å². The number of carbonyl (C=O) groups excluding carboxylic acids is 4. The van der Waals surface area contributed by atoms with E-state index in [1.54, 1.807) is 60.7 Å². The summed E-state index contributed by atoms with van der Waals surface area (Å²) in [6.07, 6.45) is 1.46. The molecule has 0 fully saturated rings. The Morgan fingerprint density at radius 1 is 0.782 bits per heavy atom. The van der Waals surface area contributed by atoms with Gasteiger partial charge >= 0.3 is 183 Å². The molecule has 0 saturated heterocycles. The summed E-state index contributed by atoms with van der Waals surface area (Å²) in [5.74, 6) is -1.65. The van der Waals surface area contributed by atoms with Gasteiger partial charge in [0.25, 0.3) is 15.5 Å². The van der Waals surface area contributed by atoms with Crippen LogP contribution in [0.3, 0.4) is 0 Å². The minimum atomic E-state index is -3.55. The number of benzene rings is 3. The maximum Gasteiger partial charge on any atom is 1.00 e. The fourth-order valence-electron chi connectivity index (χ4n) is 2.14. The average Bonchev–Trinajstić information content (AvgIpc) is 2.98. The van der Waals surface area contributed by atoms with Crippen molar-refractivity contribution < 1.29 is 263 Å². The zero-order valence-corrected chi connectivity index (χ0v) is 49.0. The van der Waals surface area contributed by atoms with E-state index in [1.165, 1.54) is 18.4 Å². The average molecular weight is 968 g/mol. The summed E-state index contributed by atoms with van der Waals surface area (Å²) in [5, 5.41) is 17.6.